The number of fused-ring (bicyclic) bond motifs is 2. The monoisotopic (exact) mass is 709 g/mol. The Morgan fingerprint density at radius 2 is 1.71 bits per heavy atom. The Hall–Kier alpha value is -4.45. The van der Waals surface area contributed by atoms with Crippen LogP contribution in [0.4, 0.5) is 13.2 Å². The summed E-state index contributed by atoms with van der Waals surface area (Å²) in [7, 11) is -5.79. The molecular weight excluding hydrogens is 672 g/mol. The van der Waals surface area contributed by atoms with E-state index in [-0.39, 0.29) is 51.1 Å². The molecule has 1 amide bonds. The number of rotatable bonds is 10. The zero-order chi connectivity index (χ0) is 36.1. The molecule has 5 aromatic rings. The number of alkyl halides is 3. The zero-order valence-electron chi connectivity index (χ0n) is 28.4. The summed E-state index contributed by atoms with van der Waals surface area (Å²) >= 11 is 0. The summed E-state index contributed by atoms with van der Waals surface area (Å²) in [6.07, 6.45) is -3.89. The molecule has 0 spiro atoms. The molecule has 49 heavy (non-hydrogen) atoms. The first-order chi connectivity index (χ1) is 22.8. The van der Waals surface area contributed by atoms with Gasteiger partial charge in [0, 0.05) is 44.4 Å². The first-order valence-corrected chi connectivity index (χ1v) is 20.8. The van der Waals surface area contributed by atoms with E-state index < -0.39 is 34.9 Å². The minimum absolute atomic E-state index is 0.0748. The molecule has 0 saturated heterocycles. The van der Waals surface area contributed by atoms with Crippen LogP contribution in [0, 0.1) is 32.1 Å². The third-order valence-electron chi connectivity index (χ3n) is 8.71. The first kappa shape index (κ1) is 35.8. The lowest BCUT2D eigenvalue weighted by Gasteiger charge is -2.42. The van der Waals surface area contributed by atoms with E-state index in [1.807, 2.05) is 0 Å². The van der Waals surface area contributed by atoms with E-state index in [9.17, 15) is 23.2 Å². The van der Waals surface area contributed by atoms with E-state index in [2.05, 4.69) is 30.7 Å². The van der Waals surface area contributed by atoms with Gasteiger partial charge in [-0.15, -0.1) is 0 Å². The van der Waals surface area contributed by atoms with Crippen LogP contribution in [-0.2, 0) is 31.0 Å². The van der Waals surface area contributed by atoms with Crippen LogP contribution in [0.25, 0.3) is 21.9 Å². The van der Waals surface area contributed by atoms with Gasteiger partial charge in [0.25, 0.3) is 0 Å². The highest BCUT2D eigenvalue weighted by Gasteiger charge is 2.61. The van der Waals surface area contributed by atoms with Gasteiger partial charge < -0.3 is 19.2 Å². The number of carbonyl (C=O) groups is 1. The number of ether oxygens (including phenoxy) is 1. The number of hydrogen-bond donors (Lipinski definition) is 1. The largest absolute Gasteiger partial charge is 0.471 e. The molecule has 0 radical (unpaired) electrons. The number of sulfone groups is 1. The zero-order valence-corrected chi connectivity index (χ0v) is 30.2. The van der Waals surface area contributed by atoms with E-state index in [1.54, 1.807) is 51.2 Å². The number of nitrogens with zero attached hydrogens (tertiary/aromatic N) is 4. The van der Waals surface area contributed by atoms with E-state index in [0.29, 0.717) is 16.5 Å². The molecule has 1 unspecified atom stereocenters. The van der Waals surface area contributed by atoms with E-state index in [1.165, 1.54) is 34.9 Å². The van der Waals surface area contributed by atoms with Gasteiger partial charge in [0.15, 0.2) is 5.82 Å². The molecule has 258 valence electrons. The lowest BCUT2D eigenvalue weighted by atomic mass is 9.92. The fourth-order valence-corrected chi connectivity index (χ4v) is 9.21. The number of halogens is 3. The fourth-order valence-electron chi connectivity index (χ4n) is 6.24. The van der Waals surface area contributed by atoms with Gasteiger partial charge in [0.05, 0.1) is 27.6 Å². The standard InChI is InChI=1S/C35H38F3N5O4SSi/c1-22-8-11-26(12-9-22)48(45,46)34(42(4)33(44)35(36,37)38,30-23(2)18-24(3)31-27(30)14-15-40-31)32-41-28-13-10-25(20-39)19-29(28)43(32)21-47-16-17-49(5,6)7/h8-15,18-19,40H,16-17,21H2,1-7H3. The van der Waals surface area contributed by atoms with Crippen molar-refractivity contribution in [3.63, 3.8) is 0 Å². The topological polar surface area (TPSA) is 121 Å². The summed E-state index contributed by atoms with van der Waals surface area (Å²) in [6.45, 7) is 11.6. The molecule has 2 aromatic heterocycles. The number of hydrogen-bond acceptors (Lipinski definition) is 6. The minimum atomic E-state index is -5.46. The summed E-state index contributed by atoms with van der Waals surface area (Å²) in [4.78, 5) is 18.4. The molecule has 0 saturated carbocycles. The maximum Gasteiger partial charge on any atom is 0.471 e. The number of amides is 1. The van der Waals surface area contributed by atoms with Gasteiger partial charge in [0.2, 0.25) is 14.7 Å². The normalized spacial score (nSPS) is 13.8. The van der Waals surface area contributed by atoms with Crippen molar-refractivity contribution < 1.29 is 31.1 Å². The van der Waals surface area contributed by atoms with Crippen molar-refractivity contribution in [1.82, 2.24) is 19.4 Å². The number of benzene rings is 3. The Kier molecular flexibility index (Phi) is 9.35. The number of aryl methyl sites for hydroxylation is 3. The molecule has 0 aliphatic rings. The van der Waals surface area contributed by atoms with Crippen LogP contribution in [0.15, 0.2) is 65.7 Å². The smallest absolute Gasteiger partial charge is 0.361 e. The Morgan fingerprint density at radius 1 is 1.04 bits per heavy atom. The Balaban J connectivity index is 2.02. The summed E-state index contributed by atoms with van der Waals surface area (Å²) in [6, 6.07) is 16.2. The van der Waals surface area contributed by atoms with Crippen molar-refractivity contribution in [2.45, 2.75) is 69.1 Å². The average Bonchev–Trinajstić information content (AvgIpc) is 3.65. The van der Waals surface area contributed by atoms with Gasteiger partial charge in [-0.25, -0.2) is 13.4 Å². The fraction of sp³-hybridized carbons (Fsp3) is 0.343. The number of imidazole rings is 1. The van der Waals surface area contributed by atoms with Gasteiger partial charge in [-0.05, 0) is 74.3 Å². The van der Waals surface area contributed by atoms with Crippen molar-refractivity contribution in [2.24, 2.45) is 0 Å². The number of aromatic amines is 1. The highest BCUT2D eigenvalue weighted by molar-refractivity contribution is 7.92. The van der Waals surface area contributed by atoms with Gasteiger partial charge in [-0.2, -0.15) is 18.4 Å². The lowest BCUT2D eigenvalue weighted by Crippen LogP contribution is -2.58. The van der Waals surface area contributed by atoms with Crippen molar-refractivity contribution >= 4 is 45.8 Å². The number of nitriles is 1. The first-order valence-electron chi connectivity index (χ1n) is 15.6. The molecule has 1 N–H and O–H groups in total. The Morgan fingerprint density at radius 3 is 2.33 bits per heavy atom. The SMILES string of the molecule is Cc1ccc(S(=O)(=O)C(c2c(C)cc(C)c3[nH]ccc23)(c2nc3ccc(C#N)cc3n2COCC[Si](C)(C)C)N(C)C(=O)C(F)(F)F)cc1. The van der Waals surface area contributed by atoms with Crippen LogP contribution in [-0.4, -0.2) is 61.7 Å². The van der Waals surface area contributed by atoms with Crippen molar-refractivity contribution in [3.05, 3.63) is 94.4 Å². The van der Waals surface area contributed by atoms with E-state index >= 15 is 8.42 Å². The molecule has 0 aliphatic heterocycles. The van der Waals surface area contributed by atoms with E-state index in [0.717, 1.165) is 24.2 Å². The molecule has 2 heterocycles. The van der Waals surface area contributed by atoms with Crippen LogP contribution < -0.4 is 0 Å². The lowest BCUT2D eigenvalue weighted by molar-refractivity contribution is -0.187. The van der Waals surface area contributed by atoms with Crippen molar-refractivity contribution in [3.8, 4) is 6.07 Å². The number of nitrogens with one attached hydrogen (secondary N) is 1. The molecule has 0 fully saturated rings. The average molecular weight is 710 g/mol. The quantitative estimate of drug-likeness (QED) is 0.120. The molecule has 3 aromatic carbocycles. The molecular formula is C35H38F3N5O4SSi. The maximum absolute atomic E-state index is 15.5. The number of H-pyrrole nitrogens is 1. The second-order valence-corrected chi connectivity index (χ2v) is 21.2. The van der Waals surface area contributed by atoms with Crippen molar-refractivity contribution in [1.29, 1.82) is 5.26 Å². The minimum Gasteiger partial charge on any atom is -0.361 e. The molecule has 0 bridgehead atoms. The number of aromatic nitrogens is 3. The maximum atomic E-state index is 15.5. The van der Waals surface area contributed by atoms with Gasteiger partial charge in [-0.1, -0.05) is 43.4 Å². The molecule has 5 rings (SSSR count). The Labute approximate surface area is 284 Å². The van der Waals surface area contributed by atoms with Crippen LogP contribution in [0.3, 0.4) is 0 Å². The highest BCUT2D eigenvalue weighted by Crippen LogP contribution is 2.49. The second kappa shape index (κ2) is 12.8. The Bertz CT molecular complexity index is 2210. The summed E-state index contributed by atoms with van der Waals surface area (Å²) in [5.41, 5.74) is 2.84. The highest BCUT2D eigenvalue weighted by atomic mass is 32.2. The molecule has 1 atom stereocenters. The van der Waals surface area contributed by atoms with Crippen molar-refractivity contribution in [2.75, 3.05) is 13.7 Å². The van der Waals surface area contributed by atoms with Crippen LogP contribution in [0.5, 0.6) is 0 Å². The molecule has 0 aliphatic carbocycles. The van der Waals surface area contributed by atoms with Crippen LogP contribution in [0.1, 0.15) is 33.6 Å². The summed E-state index contributed by atoms with van der Waals surface area (Å²) in [5.74, 6) is -2.77. The van der Waals surface area contributed by atoms with Crippen LogP contribution >= 0.6 is 0 Å². The molecule has 9 nitrogen and oxygen atoms in total. The summed E-state index contributed by atoms with van der Waals surface area (Å²) < 4.78 is 82.4. The predicted octanol–water partition coefficient (Wildman–Crippen LogP) is 7.32. The predicted molar refractivity (Wildman–Crippen MR) is 184 cm³/mol. The van der Waals surface area contributed by atoms with E-state index in [4.69, 9.17) is 9.72 Å². The third kappa shape index (κ3) is 6.26. The van der Waals surface area contributed by atoms with Gasteiger partial charge in [-0.3, -0.25) is 4.79 Å². The second-order valence-electron chi connectivity index (χ2n) is 13.5. The molecule has 14 heteroatoms. The number of carbonyl (C=O) groups excluding carboxylic acids is 1. The summed E-state index contributed by atoms with van der Waals surface area (Å²) in [5, 5.41) is 10.1. The van der Waals surface area contributed by atoms with Crippen LogP contribution in [0.2, 0.25) is 25.7 Å². The van der Waals surface area contributed by atoms with Gasteiger partial charge >= 0.3 is 12.1 Å². The third-order valence-corrected chi connectivity index (χ3v) is 12.7. The van der Waals surface area contributed by atoms with Gasteiger partial charge in [0.1, 0.15) is 6.73 Å².